The summed E-state index contributed by atoms with van der Waals surface area (Å²) in [6.07, 6.45) is 1.82. The zero-order chi connectivity index (χ0) is 25.3. The molecule has 0 radical (unpaired) electrons. The number of aromatic nitrogens is 1. The number of hydrogen-bond donors (Lipinski definition) is 0. The lowest BCUT2D eigenvalue weighted by Crippen LogP contribution is -2.10. The van der Waals surface area contributed by atoms with Crippen LogP contribution in [0.3, 0.4) is 0 Å². The number of rotatable bonds is 5. The molecule has 0 saturated carbocycles. The lowest BCUT2D eigenvalue weighted by atomic mass is 10.0. The van der Waals surface area contributed by atoms with Crippen molar-refractivity contribution >= 4 is 39.1 Å². The van der Waals surface area contributed by atoms with E-state index in [0.717, 1.165) is 44.7 Å². The van der Waals surface area contributed by atoms with Crippen LogP contribution in [0.15, 0.2) is 150 Å². The summed E-state index contributed by atoms with van der Waals surface area (Å²) in [4.78, 5) is 7.00. The average Bonchev–Trinajstić information content (AvgIpc) is 3.38. The molecule has 0 atom stereocenters. The molecule has 180 valence electrons. The fraction of sp³-hybridized carbons (Fsp3) is 0. The second kappa shape index (κ2) is 9.38. The molecule has 0 amide bonds. The van der Waals surface area contributed by atoms with Crippen LogP contribution >= 0.6 is 0 Å². The standard InChI is InChI=1S/C35H24N2O/c1-3-10-25(11-4-1)27-19-21-29(22-20-27)37(30-15-7-14-28(24-30)26-12-5-2-6-13-26)31-16-8-17-32-34(31)35-33(38-32)18-9-23-36-35/h1-24H. The molecule has 0 fully saturated rings. The van der Waals surface area contributed by atoms with Crippen LogP contribution in [0.25, 0.3) is 44.3 Å². The third-order valence-corrected chi connectivity index (χ3v) is 6.92. The first-order chi connectivity index (χ1) is 18.8. The Bertz CT molecular complexity index is 1860. The van der Waals surface area contributed by atoms with Crippen LogP contribution in [-0.4, -0.2) is 4.98 Å². The van der Waals surface area contributed by atoms with Crippen molar-refractivity contribution in [2.24, 2.45) is 0 Å². The number of benzene rings is 5. The van der Waals surface area contributed by atoms with E-state index in [9.17, 15) is 0 Å². The van der Waals surface area contributed by atoms with Gasteiger partial charge in [0.1, 0.15) is 11.1 Å². The molecule has 5 aromatic carbocycles. The van der Waals surface area contributed by atoms with E-state index in [1.807, 2.05) is 42.6 Å². The molecular weight excluding hydrogens is 464 g/mol. The summed E-state index contributed by atoms with van der Waals surface area (Å²) in [5.74, 6) is 0. The zero-order valence-corrected chi connectivity index (χ0v) is 20.7. The molecular formula is C35H24N2O. The van der Waals surface area contributed by atoms with Gasteiger partial charge in [0.2, 0.25) is 0 Å². The van der Waals surface area contributed by atoms with Gasteiger partial charge in [-0.15, -0.1) is 0 Å². The first-order valence-electron chi connectivity index (χ1n) is 12.7. The predicted molar refractivity (Wildman–Crippen MR) is 157 cm³/mol. The third kappa shape index (κ3) is 3.91. The SMILES string of the molecule is c1ccc(-c2ccc(N(c3cccc(-c4ccccc4)c3)c3cccc4oc5cccnc5c34)cc2)cc1. The maximum atomic E-state index is 6.20. The molecule has 2 heterocycles. The lowest BCUT2D eigenvalue weighted by Gasteiger charge is -2.27. The van der Waals surface area contributed by atoms with Crippen LogP contribution in [0, 0.1) is 0 Å². The molecule has 0 N–H and O–H groups in total. The minimum Gasteiger partial charge on any atom is -0.454 e. The summed E-state index contributed by atoms with van der Waals surface area (Å²) in [7, 11) is 0. The number of hydrogen-bond acceptors (Lipinski definition) is 3. The summed E-state index contributed by atoms with van der Waals surface area (Å²) >= 11 is 0. The third-order valence-electron chi connectivity index (χ3n) is 6.92. The van der Waals surface area contributed by atoms with E-state index in [0.29, 0.717) is 0 Å². The number of nitrogens with zero attached hydrogens (tertiary/aromatic N) is 2. The highest BCUT2D eigenvalue weighted by Crippen LogP contribution is 2.43. The average molecular weight is 489 g/mol. The van der Waals surface area contributed by atoms with E-state index in [4.69, 9.17) is 9.40 Å². The van der Waals surface area contributed by atoms with Gasteiger partial charge in [-0.3, -0.25) is 4.98 Å². The van der Waals surface area contributed by atoms with E-state index in [1.165, 1.54) is 16.7 Å². The molecule has 0 bridgehead atoms. The molecule has 0 aliphatic carbocycles. The Hall–Kier alpha value is -5.15. The molecule has 7 aromatic rings. The Morgan fingerprint density at radius 1 is 0.474 bits per heavy atom. The Labute approximate surface area is 221 Å². The second-order valence-corrected chi connectivity index (χ2v) is 9.27. The predicted octanol–water partition coefficient (Wildman–Crippen LogP) is 9.78. The lowest BCUT2D eigenvalue weighted by molar-refractivity contribution is 0.668. The molecule has 0 saturated heterocycles. The summed E-state index contributed by atoms with van der Waals surface area (Å²) in [6, 6.07) is 48.5. The van der Waals surface area contributed by atoms with Gasteiger partial charge < -0.3 is 9.32 Å². The number of pyridine rings is 1. The highest BCUT2D eigenvalue weighted by atomic mass is 16.3. The molecule has 3 nitrogen and oxygen atoms in total. The first-order valence-corrected chi connectivity index (χ1v) is 12.7. The fourth-order valence-corrected chi connectivity index (χ4v) is 5.12. The Balaban J connectivity index is 1.44. The van der Waals surface area contributed by atoms with E-state index in [1.54, 1.807) is 0 Å². The molecule has 2 aromatic heterocycles. The monoisotopic (exact) mass is 488 g/mol. The summed E-state index contributed by atoms with van der Waals surface area (Å²) in [6.45, 7) is 0. The van der Waals surface area contributed by atoms with E-state index >= 15 is 0 Å². The minimum absolute atomic E-state index is 0.785. The maximum absolute atomic E-state index is 6.20. The zero-order valence-electron chi connectivity index (χ0n) is 20.7. The Morgan fingerprint density at radius 3 is 1.87 bits per heavy atom. The summed E-state index contributed by atoms with van der Waals surface area (Å²) in [5.41, 5.74) is 10.3. The number of anilines is 3. The Kier molecular flexibility index (Phi) is 5.45. The van der Waals surface area contributed by atoms with Crippen molar-refractivity contribution in [1.82, 2.24) is 4.98 Å². The molecule has 7 rings (SSSR count). The highest BCUT2D eigenvalue weighted by molar-refractivity contribution is 6.11. The number of furan rings is 1. The summed E-state index contributed by atoms with van der Waals surface area (Å²) < 4.78 is 6.20. The number of fused-ring (bicyclic) bond motifs is 3. The van der Waals surface area contributed by atoms with E-state index < -0.39 is 0 Å². The van der Waals surface area contributed by atoms with Crippen molar-refractivity contribution in [2.45, 2.75) is 0 Å². The second-order valence-electron chi connectivity index (χ2n) is 9.27. The van der Waals surface area contributed by atoms with Crippen molar-refractivity contribution in [3.63, 3.8) is 0 Å². The highest BCUT2D eigenvalue weighted by Gasteiger charge is 2.20. The summed E-state index contributed by atoms with van der Waals surface area (Å²) in [5, 5.41) is 1.00. The maximum Gasteiger partial charge on any atom is 0.153 e. The van der Waals surface area contributed by atoms with Gasteiger partial charge in [-0.1, -0.05) is 91.0 Å². The van der Waals surface area contributed by atoms with Crippen molar-refractivity contribution in [3.8, 4) is 22.3 Å². The molecule has 0 spiro atoms. The quantitative estimate of drug-likeness (QED) is 0.241. The van der Waals surface area contributed by atoms with Gasteiger partial charge >= 0.3 is 0 Å². The molecule has 0 aliphatic heterocycles. The van der Waals surface area contributed by atoms with Gasteiger partial charge in [0.15, 0.2) is 5.58 Å². The molecule has 0 aliphatic rings. The fourth-order valence-electron chi connectivity index (χ4n) is 5.12. The van der Waals surface area contributed by atoms with Crippen LogP contribution in [0.5, 0.6) is 0 Å². The van der Waals surface area contributed by atoms with Crippen LogP contribution < -0.4 is 4.90 Å². The Morgan fingerprint density at radius 2 is 1.11 bits per heavy atom. The normalized spacial score (nSPS) is 11.2. The first kappa shape index (κ1) is 22.1. The van der Waals surface area contributed by atoms with Gasteiger partial charge in [0.25, 0.3) is 0 Å². The molecule has 0 unspecified atom stereocenters. The van der Waals surface area contributed by atoms with E-state index in [-0.39, 0.29) is 0 Å². The molecule has 3 heteroatoms. The van der Waals surface area contributed by atoms with Crippen molar-refractivity contribution < 1.29 is 4.42 Å². The van der Waals surface area contributed by atoms with Crippen molar-refractivity contribution in [1.29, 1.82) is 0 Å². The topological polar surface area (TPSA) is 29.3 Å². The van der Waals surface area contributed by atoms with Gasteiger partial charge in [0, 0.05) is 17.6 Å². The van der Waals surface area contributed by atoms with Crippen LogP contribution in [0.2, 0.25) is 0 Å². The van der Waals surface area contributed by atoms with Crippen LogP contribution in [-0.2, 0) is 0 Å². The minimum atomic E-state index is 0.785. The smallest absolute Gasteiger partial charge is 0.153 e. The largest absolute Gasteiger partial charge is 0.454 e. The van der Waals surface area contributed by atoms with Crippen LogP contribution in [0.1, 0.15) is 0 Å². The molecule has 38 heavy (non-hydrogen) atoms. The van der Waals surface area contributed by atoms with Gasteiger partial charge in [-0.05, 0) is 70.8 Å². The van der Waals surface area contributed by atoms with Gasteiger partial charge in [-0.25, -0.2) is 0 Å². The van der Waals surface area contributed by atoms with Gasteiger partial charge in [0.05, 0.1) is 11.1 Å². The van der Waals surface area contributed by atoms with Crippen molar-refractivity contribution in [2.75, 3.05) is 4.90 Å². The van der Waals surface area contributed by atoms with Crippen LogP contribution in [0.4, 0.5) is 17.1 Å². The van der Waals surface area contributed by atoms with Gasteiger partial charge in [-0.2, -0.15) is 0 Å². The van der Waals surface area contributed by atoms with Crippen molar-refractivity contribution in [3.05, 3.63) is 146 Å². The van der Waals surface area contributed by atoms with E-state index in [2.05, 4.69) is 108 Å².